The van der Waals surface area contributed by atoms with Gasteiger partial charge in [-0.15, -0.1) is 0 Å². The maximum Gasteiger partial charge on any atom is 0.195 e. The number of hydrogen-bond acceptors (Lipinski definition) is 4. The van der Waals surface area contributed by atoms with Crippen LogP contribution >= 0.6 is 0 Å². The van der Waals surface area contributed by atoms with Gasteiger partial charge in [0.15, 0.2) is 17.5 Å². The lowest BCUT2D eigenvalue weighted by molar-refractivity contribution is 0.297. The second kappa shape index (κ2) is 8.94. The molecule has 0 aliphatic carbocycles. The van der Waals surface area contributed by atoms with Crippen LogP contribution in [0, 0.1) is 5.92 Å². The first-order chi connectivity index (χ1) is 12.3. The molecule has 0 radical (unpaired) electrons. The number of likely N-dealkylation sites (tertiary alicyclic amines) is 1. The van der Waals surface area contributed by atoms with Crippen LogP contribution in [0.3, 0.4) is 0 Å². The molecule has 1 aromatic rings. The minimum Gasteiger partial charge on any atom is -0.490 e. The maximum absolute atomic E-state index is 5.77. The first-order valence-electron chi connectivity index (χ1n) is 9.45. The minimum absolute atomic E-state index is 0.652. The van der Waals surface area contributed by atoms with Crippen molar-refractivity contribution in [1.82, 2.24) is 10.2 Å². The van der Waals surface area contributed by atoms with E-state index in [9.17, 15) is 0 Å². The van der Waals surface area contributed by atoms with Crippen molar-refractivity contribution in [2.45, 2.75) is 26.7 Å². The van der Waals surface area contributed by atoms with E-state index in [4.69, 9.17) is 14.5 Å². The number of aliphatic imine (C=N–C) groups is 1. The van der Waals surface area contributed by atoms with Gasteiger partial charge in [-0.05, 0) is 44.5 Å². The SMILES string of the molecule is CCNC(=NCC1CCN(CC)C1)Nc1ccc2c(c1)OCCCO2. The lowest BCUT2D eigenvalue weighted by Gasteiger charge is -2.15. The van der Waals surface area contributed by atoms with Crippen LogP contribution in [-0.2, 0) is 0 Å². The van der Waals surface area contributed by atoms with Crippen molar-refractivity contribution in [2.75, 3.05) is 51.3 Å². The van der Waals surface area contributed by atoms with E-state index in [0.29, 0.717) is 19.1 Å². The van der Waals surface area contributed by atoms with E-state index >= 15 is 0 Å². The van der Waals surface area contributed by atoms with Crippen LogP contribution in [0.2, 0.25) is 0 Å². The second-order valence-corrected chi connectivity index (χ2v) is 6.60. The normalized spacial score (nSPS) is 21.0. The van der Waals surface area contributed by atoms with Crippen molar-refractivity contribution >= 4 is 11.6 Å². The maximum atomic E-state index is 5.77. The smallest absolute Gasteiger partial charge is 0.195 e. The molecule has 0 saturated carbocycles. The molecule has 2 aliphatic heterocycles. The molecule has 6 nitrogen and oxygen atoms in total. The third-order valence-corrected chi connectivity index (χ3v) is 4.68. The topological polar surface area (TPSA) is 58.1 Å². The molecule has 2 N–H and O–H groups in total. The van der Waals surface area contributed by atoms with Gasteiger partial charge in [-0.2, -0.15) is 0 Å². The van der Waals surface area contributed by atoms with Gasteiger partial charge in [0.1, 0.15) is 0 Å². The van der Waals surface area contributed by atoms with Crippen LogP contribution in [0.15, 0.2) is 23.2 Å². The summed E-state index contributed by atoms with van der Waals surface area (Å²) >= 11 is 0. The predicted molar refractivity (Wildman–Crippen MR) is 102 cm³/mol. The highest BCUT2D eigenvalue weighted by molar-refractivity contribution is 5.93. The molecule has 0 amide bonds. The Morgan fingerprint density at radius 2 is 2.08 bits per heavy atom. The monoisotopic (exact) mass is 346 g/mol. The van der Waals surface area contributed by atoms with Gasteiger partial charge in [0.2, 0.25) is 0 Å². The Balaban J connectivity index is 1.63. The third kappa shape index (κ3) is 5.01. The highest BCUT2D eigenvalue weighted by atomic mass is 16.5. The van der Waals surface area contributed by atoms with Crippen LogP contribution in [-0.4, -0.2) is 56.8 Å². The number of guanidine groups is 1. The molecule has 0 bridgehead atoms. The fourth-order valence-corrected chi connectivity index (χ4v) is 3.25. The van der Waals surface area contributed by atoms with Crippen LogP contribution in [0.4, 0.5) is 5.69 Å². The van der Waals surface area contributed by atoms with Crippen molar-refractivity contribution in [3.63, 3.8) is 0 Å². The summed E-state index contributed by atoms with van der Waals surface area (Å²) in [5.74, 6) is 3.09. The lowest BCUT2D eigenvalue weighted by atomic mass is 10.1. The summed E-state index contributed by atoms with van der Waals surface area (Å²) in [6, 6.07) is 5.96. The molecule has 1 aromatic carbocycles. The Morgan fingerprint density at radius 3 is 2.84 bits per heavy atom. The molecule has 0 aromatic heterocycles. The van der Waals surface area contributed by atoms with Gasteiger partial charge in [-0.25, -0.2) is 0 Å². The van der Waals surface area contributed by atoms with Crippen molar-refractivity contribution in [1.29, 1.82) is 0 Å². The quantitative estimate of drug-likeness (QED) is 0.634. The molecule has 1 unspecified atom stereocenters. The average Bonchev–Trinajstić information content (AvgIpc) is 2.96. The summed E-state index contributed by atoms with van der Waals surface area (Å²) in [6.07, 6.45) is 2.15. The standard InChI is InChI=1S/C19H30N4O2/c1-3-20-19(21-13-15-8-9-23(4-2)14-15)22-16-6-7-17-18(12-16)25-11-5-10-24-17/h6-7,12,15H,3-5,8-11,13-14H2,1-2H3,(H2,20,21,22). The van der Waals surface area contributed by atoms with Gasteiger partial charge in [0, 0.05) is 37.8 Å². The van der Waals surface area contributed by atoms with E-state index in [2.05, 4.69) is 29.4 Å². The number of nitrogens with one attached hydrogen (secondary N) is 2. The Kier molecular flexibility index (Phi) is 6.39. The number of anilines is 1. The molecule has 1 atom stereocenters. The van der Waals surface area contributed by atoms with E-state index in [-0.39, 0.29) is 0 Å². The van der Waals surface area contributed by atoms with Crippen molar-refractivity contribution < 1.29 is 9.47 Å². The number of nitrogens with zero attached hydrogens (tertiary/aromatic N) is 2. The molecule has 2 aliphatic rings. The number of ether oxygens (including phenoxy) is 2. The first-order valence-corrected chi connectivity index (χ1v) is 9.45. The predicted octanol–water partition coefficient (Wildman–Crippen LogP) is 2.57. The minimum atomic E-state index is 0.652. The highest BCUT2D eigenvalue weighted by Gasteiger charge is 2.20. The summed E-state index contributed by atoms with van der Waals surface area (Å²) in [6.45, 7) is 10.9. The molecule has 25 heavy (non-hydrogen) atoms. The fourth-order valence-electron chi connectivity index (χ4n) is 3.25. The van der Waals surface area contributed by atoms with Crippen molar-refractivity contribution in [3.05, 3.63) is 18.2 Å². The Morgan fingerprint density at radius 1 is 1.24 bits per heavy atom. The van der Waals surface area contributed by atoms with Gasteiger partial charge in [0.05, 0.1) is 13.2 Å². The molecular weight excluding hydrogens is 316 g/mol. The molecule has 3 rings (SSSR count). The Hall–Kier alpha value is -1.95. The van der Waals surface area contributed by atoms with Crippen molar-refractivity contribution in [3.8, 4) is 11.5 Å². The third-order valence-electron chi connectivity index (χ3n) is 4.68. The molecular formula is C19H30N4O2. The number of fused-ring (bicyclic) bond motifs is 1. The first kappa shape index (κ1) is 17.9. The van der Waals surface area contributed by atoms with Gasteiger partial charge < -0.3 is 25.0 Å². The zero-order valence-electron chi connectivity index (χ0n) is 15.4. The van der Waals surface area contributed by atoms with Gasteiger partial charge in [-0.3, -0.25) is 4.99 Å². The van der Waals surface area contributed by atoms with E-state index in [1.807, 2.05) is 18.2 Å². The van der Waals surface area contributed by atoms with E-state index in [1.54, 1.807) is 0 Å². The van der Waals surface area contributed by atoms with Crippen LogP contribution in [0.25, 0.3) is 0 Å². The summed E-state index contributed by atoms with van der Waals surface area (Å²) in [7, 11) is 0. The molecule has 138 valence electrons. The average molecular weight is 346 g/mol. The largest absolute Gasteiger partial charge is 0.490 e. The molecule has 2 heterocycles. The Bertz CT molecular complexity index is 591. The lowest BCUT2D eigenvalue weighted by Crippen LogP contribution is -2.31. The van der Waals surface area contributed by atoms with Gasteiger partial charge in [0.25, 0.3) is 0 Å². The highest BCUT2D eigenvalue weighted by Crippen LogP contribution is 2.32. The second-order valence-electron chi connectivity index (χ2n) is 6.60. The molecule has 1 saturated heterocycles. The summed E-state index contributed by atoms with van der Waals surface area (Å²) in [4.78, 5) is 7.28. The van der Waals surface area contributed by atoms with Crippen LogP contribution in [0.1, 0.15) is 26.7 Å². The van der Waals surface area contributed by atoms with E-state index in [1.165, 1.54) is 13.0 Å². The van der Waals surface area contributed by atoms with E-state index in [0.717, 1.165) is 55.7 Å². The summed E-state index contributed by atoms with van der Waals surface area (Å²) in [5, 5.41) is 6.72. The van der Waals surface area contributed by atoms with Gasteiger partial charge >= 0.3 is 0 Å². The van der Waals surface area contributed by atoms with Gasteiger partial charge in [-0.1, -0.05) is 6.92 Å². The fraction of sp³-hybridized carbons (Fsp3) is 0.632. The Labute approximate surface area is 150 Å². The number of benzene rings is 1. The zero-order valence-corrected chi connectivity index (χ0v) is 15.4. The zero-order chi connectivity index (χ0) is 17.5. The van der Waals surface area contributed by atoms with E-state index < -0.39 is 0 Å². The number of rotatable bonds is 5. The van der Waals surface area contributed by atoms with Crippen LogP contribution < -0.4 is 20.1 Å². The van der Waals surface area contributed by atoms with Crippen molar-refractivity contribution in [2.24, 2.45) is 10.9 Å². The molecule has 1 fully saturated rings. The summed E-state index contributed by atoms with van der Waals surface area (Å²) in [5.41, 5.74) is 0.963. The summed E-state index contributed by atoms with van der Waals surface area (Å²) < 4.78 is 11.5. The van der Waals surface area contributed by atoms with Crippen LogP contribution in [0.5, 0.6) is 11.5 Å². The molecule has 0 spiro atoms. The molecule has 6 heteroatoms. The number of hydrogen-bond donors (Lipinski definition) is 2.